The van der Waals surface area contributed by atoms with E-state index >= 15 is 0 Å². The van der Waals surface area contributed by atoms with Crippen molar-refractivity contribution in [3.8, 4) is 28.6 Å². The fraction of sp³-hybridized carbons (Fsp3) is 0.560. The Hall–Kier alpha value is -2.49. The van der Waals surface area contributed by atoms with Crippen molar-refractivity contribution < 1.29 is 23.7 Å². The third-order valence-electron chi connectivity index (χ3n) is 6.62. The number of ether oxygens (including phenoxy) is 5. The molecule has 1 unspecified atom stereocenters. The maximum Gasteiger partial charge on any atom is 0.258 e. The van der Waals surface area contributed by atoms with Crippen LogP contribution in [-0.2, 0) is 16.1 Å². The van der Waals surface area contributed by atoms with E-state index in [2.05, 4.69) is 10.3 Å². The van der Waals surface area contributed by atoms with E-state index in [1.807, 2.05) is 16.6 Å². The number of rotatable bonds is 11. The van der Waals surface area contributed by atoms with Crippen LogP contribution in [0.1, 0.15) is 24.8 Å². The van der Waals surface area contributed by atoms with Gasteiger partial charge in [0.2, 0.25) is 0 Å². The Kier molecular flexibility index (Phi) is 6.85. The summed E-state index contributed by atoms with van der Waals surface area (Å²) in [5.41, 5.74) is 3.84. The van der Waals surface area contributed by atoms with Gasteiger partial charge in [-0.1, -0.05) is 0 Å². The van der Waals surface area contributed by atoms with E-state index in [0.29, 0.717) is 18.4 Å². The molecule has 0 spiro atoms. The molecule has 2 aromatic heterocycles. The average molecular weight is 488 g/mol. The molecular weight excluding hydrogens is 454 g/mol. The van der Waals surface area contributed by atoms with E-state index in [-0.39, 0.29) is 0 Å². The summed E-state index contributed by atoms with van der Waals surface area (Å²) in [6.07, 6.45) is 3.69. The molecule has 34 heavy (non-hydrogen) atoms. The number of anilines is 1. The van der Waals surface area contributed by atoms with Crippen LogP contribution in [0.5, 0.6) is 17.4 Å². The molecule has 1 aliphatic carbocycles. The standard InChI is InChI=1S/C25H33N3O5S/c1-29-13-18-9-20(30-2)22(21(10-18)31-3)19-15-34-25-23(24(32-4)26-28(19)25)27(11-16-5-6-16)12-17-7-8-33-14-17/h9-10,15-17H,5-8,11-14H2,1-4H3. The zero-order chi connectivity index (χ0) is 23.7. The quantitative estimate of drug-likeness (QED) is 0.395. The molecule has 3 aromatic rings. The predicted octanol–water partition coefficient (Wildman–Crippen LogP) is 4.49. The van der Waals surface area contributed by atoms with Crippen molar-refractivity contribution in [2.75, 3.05) is 59.6 Å². The van der Waals surface area contributed by atoms with Gasteiger partial charge >= 0.3 is 0 Å². The van der Waals surface area contributed by atoms with E-state index in [1.165, 1.54) is 12.8 Å². The monoisotopic (exact) mass is 487 g/mol. The number of benzene rings is 1. The lowest BCUT2D eigenvalue weighted by molar-refractivity contribution is 0.184. The first-order valence-corrected chi connectivity index (χ1v) is 12.7. The van der Waals surface area contributed by atoms with Crippen LogP contribution in [0.3, 0.4) is 0 Å². The molecule has 1 saturated carbocycles. The Balaban J connectivity index is 1.60. The lowest BCUT2D eigenvalue weighted by atomic mass is 10.1. The molecule has 1 aromatic carbocycles. The summed E-state index contributed by atoms with van der Waals surface area (Å²) in [4.78, 5) is 3.55. The van der Waals surface area contributed by atoms with Gasteiger partial charge in [-0.05, 0) is 42.9 Å². The largest absolute Gasteiger partial charge is 0.496 e. The second-order valence-corrected chi connectivity index (χ2v) is 9.94. The van der Waals surface area contributed by atoms with E-state index < -0.39 is 0 Å². The van der Waals surface area contributed by atoms with Crippen LogP contribution in [0.4, 0.5) is 5.69 Å². The normalized spacial score (nSPS) is 17.9. The number of thiazole rings is 1. The van der Waals surface area contributed by atoms with Gasteiger partial charge in [-0.15, -0.1) is 16.4 Å². The van der Waals surface area contributed by atoms with Crippen LogP contribution in [0.2, 0.25) is 0 Å². The smallest absolute Gasteiger partial charge is 0.258 e. The molecular formula is C25H33N3O5S. The highest BCUT2D eigenvalue weighted by molar-refractivity contribution is 7.16. The van der Waals surface area contributed by atoms with Crippen molar-refractivity contribution >= 4 is 21.9 Å². The fourth-order valence-electron chi connectivity index (χ4n) is 4.76. The van der Waals surface area contributed by atoms with Crippen LogP contribution in [-0.4, -0.2) is 64.4 Å². The van der Waals surface area contributed by atoms with Gasteiger partial charge in [0.05, 0.1) is 45.8 Å². The summed E-state index contributed by atoms with van der Waals surface area (Å²) in [5.74, 6) is 3.38. The van der Waals surface area contributed by atoms with Crippen LogP contribution in [0, 0.1) is 11.8 Å². The highest BCUT2D eigenvalue weighted by atomic mass is 32.1. The Labute approximate surface area is 204 Å². The van der Waals surface area contributed by atoms with E-state index in [1.54, 1.807) is 39.8 Å². The van der Waals surface area contributed by atoms with Gasteiger partial charge in [0.1, 0.15) is 22.0 Å². The van der Waals surface area contributed by atoms with Gasteiger partial charge in [0.25, 0.3) is 5.88 Å². The third-order valence-corrected chi connectivity index (χ3v) is 7.55. The number of fused-ring (bicyclic) bond motifs is 1. The van der Waals surface area contributed by atoms with Crippen molar-refractivity contribution in [3.05, 3.63) is 23.1 Å². The third kappa shape index (κ3) is 4.44. The first kappa shape index (κ1) is 23.3. The number of hydrogen-bond donors (Lipinski definition) is 0. The van der Waals surface area contributed by atoms with Gasteiger partial charge in [0, 0.05) is 38.1 Å². The SMILES string of the molecule is COCc1cc(OC)c(-c2csc3c(N(CC4CC4)CC4CCOC4)c(OC)nn23)c(OC)c1. The topological polar surface area (TPSA) is 66.7 Å². The molecule has 1 saturated heterocycles. The molecule has 0 amide bonds. The van der Waals surface area contributed by atoms with Gasteiger partial charge in [-0.3, -0.25) is 0 Å². The molecule has 3 heterocycles. The zero-order valence-electron chi connectivity index (χ0n) is 20.3. The summed E-state index contributed by atoms with van der Waals surface area (Å²) < 4.78 is 30.3. The molecule has 9 heteroatoms. The molecule has 2 fully saturated rings. The Morgan fingerprint density at radius 1 is 1.03 bits per heavy atom. The molecule has 0 N–H and O–H groups in total. The summed E-state index contributed by atoms with van der Waals surface area (Å²) in [6.45, 7) is 4.14. The van der Waals surface area contributed by atoms with Crippen LogP contribution < -0.4 is 19.1 Å². The van der Waals surface area contributed by atoms with Crippen molar-refractivity contribution in [2.24, 2.45) is 11.8 Å². The number of aromatic nitrogens is 2. The highest BCUT2D eigenvalue weighted by Crippen LogP contribution is 2.46. The maximum absolute atomic E-state index is 5.81. The number of nitrogens with zero attached hydrogens (tertiary/aromatic N) is 3. The second-order valence-electron chi connectivity index (χ2n) is 9.08. The minimum absolute atomic E-state index is 0.479. The minimum atomic E-state index is 0.479. The van der Waals surface area contributed by atoms with Crippen molar-refractivity contribution in [1.82, 2.24) is 9.61 Å². The predicted molar refractivity (Wildman–Crippen MR) is 133 cm³/mol. The summed E-state index contributed by atoms with van der Waals surface area (Å²) in [7, 11) is 6.73. The lowest BCUT2D eigenvalue weighted by Crippen LogP contribution is -2.31. The van der Waals surface area contributed by atoms with Crippen molar-refractivity contribution in [1.29, 1.82) is 0 Å². The Bertz CT molecular complexity index is 1110. The van der Waals surface area contributed by atoms with Crippen LogP contribution in [0.25, 0.3) is 16.1 Å². The molecule has 1 aliphatic heterocycles. The molecule has 0 radical (unpaired) electrons. The first-order valence-electron chi connectivity index (χ1n) is 11.8. The Morgan fingerprint density at radius 3 is 2.35 bits per heavy atom. The summed E-state index contributed by atoms with van der Waals surface area (Å²) >= 11 is 1.67. The van der Waals surface area contributed by atoms with Gasteiger partial charge in [0.15, 0.2) is 0 Å². The minimum Gasteiger partial charge on any atom is -0.496 e. The maximum atomic E-state index is 5.81. The zero-order valence-corrected chi connectivity index (χ0v) is 21.2. The van der Waals surface area contributed by atoms with Gasteiger partial charge < -0.3 is 28.6 Å². The van der Waals surface area contributed by atoms with Crippen molar-refractivity contribution in [2.45, 2.75) is 25.9 Å². The highest BCUT2D eigenvalue weighted by Gasteiger charge is 2.32. The molecule has 5 rings (SSSR count). The van der Waals surface area contributed by atoms with E-state index in [0.717, 1.165) is 77.5 Å². The molecule has 0 bridgehead atoms. The van der Waals surface area contributed by atoms with Crippen molar-refractivity contribution in [3.63, 3.8) is 0 Å². The van der Waals surface area contributed by atoms with Gasteiger partial charge in [-0.25, -0.2) is 4.52 Å². The van der Waals surface area contributed by atoms with Gasteiger partial charge in [-0.2, -0.15) is 0 Å². The molecule has 184 valence electrons. The molecule has 8 nitrogen and oxygen atoms in total. The summed E-state index contributed by atoms with van der Waals surface area (Å²) in [6, 6.07) is 3.98. The van der Waals surface area contributed by atoms with E-state index in [9.17, 15) is 0 Å². The molecule has 2 aliphatic rings. The van der Waals surface area contributed by atoms with E-state index in [4.69, 9.17) is 28.8 Å². The first-order chi connectivity index (χ1) is 16.7. The van der Waals surface area contributed by atoms with Crippen LogP contribution in [0.15, 0.2) is 17.5 Å². The fourth-order valence-corrected chi connectivity index (χ4v) is 5.76. The second kappa shape index (κ2) is 10.0. The average Bonchev–Trinajstić information content (AvgIpc) is 3.22. The molecule has 1 atom stereocenters. The number of methoxy groups -OCH3 is 4. The lowest BCUT2D eigenvalue weighted by Gasteiger charge is -2.26. The Morgan fingerprint density at radius 2 is 1.76 bits per heavy atom. The number of hydrogen-bond acceptors (Lipinski definition) is 8. The van der Waals surface area contributed by atoms with Crippen LogP contribution >= 0.6 is 11.3 Å². The summed E-state index contributed by atoms with van der Waals surface area (Å²) in [5, 5.41) is 7.02.